The van der Waals surface area contributed by atoms with Crippen molar-refractivity contribution in [3.8, 4) is 5.75 Å². The van der Waals surface area contributed by atoms with E-state index in [1.807, 2.05) is 42.7 Å². The highest BCUT2D eigenvalue weighted by molar-refractivity contribution is 8.23. The smallest absolute Gasteiger partial charge is 0.317 e. The number of ether oxygens (including phenoxy) is 1. The molecule has 0 bridgehead atoms. The van der Waals surface area contributed by atoms with E-state index in [2.05, 4.69) is 15.3 Å². The molecule has 7 nitrogen and oxygen atoms in total. The summed E-state index contributed by atoms with van der Waals surface area (Å²) < 4.78 is 5.31. The number of benzene rings is 1. The SMILES string of the molecule is COc1ccc2nc(C)nc(SCC(=O)C3=CC=C[SH]3CNC(=O)N(C)C)c2c1. The van der Waals surface area contributed by atoms with Crippen LogP contribution in [0.25, 0.3) is 10.9 Å². The third kappa shape index (κ3) is 5.10. The van der Waals surface area contributed by atoms with Crippen LogP contribution in [0.4, 0.5) is 4.79 Å². The number of thiol groups is 1. The fourth-order valence-electron chi connectivity index (χ4n) is 2.75. The van der Waals surface area contributed by atoms with E-state index in [-0.39, 0.29) is 17.6 Å². The Kier molecular flexibility index (Phi) is 6.81. The molecular formula is C20H24N4O3S2. The monoisotopic (exact) mass is 432 g/mol. The molecular weight excluding hydrogens is 408 g/mol. The van der Waals surface area contributed by atoms with Crippen LogP contribution in [0.3, 0.4) is 0 Å². The summed E-state index contributed by atoms with van der Waals surface area (Å²) in [7, 11) is 4.16. The first-order chi connectivity index (χ1) is 13.9. The van der Waals surface area contributed by atoms with E-state index in [0.29, 0.717) is 11.7 Å². The van der Waals surface area contributed by atoms with Crippen molar-refractivity contribution in [3.63, 3.8) is 0 Å². The topological polar surface area (TPSA) is 84.4 Å². The Morgan fingerprint density at radius 3 is 2.79 bits per heavy atom. The van der Waals surface area contributed by atoms with Crippen molar-refractivity contribution in [1.82, 2.24) is 20.2 Å². The highest BCUT2D eigenvalue weighted by Gasteiger charge is 2.20. The third-order valence-corrected chi connectivity index (χ3v) is 7.28. The Morgan fingerprint density at radius 2 is 2.07 bits per heavy atom. The maximum absolute atomic E-state index is 12.8. The van der Waals surface area contributed by atoms with Crippen molar-refractivity contribution in [2.45, 2.75) is 11.9 Å². The number of hydrogen-bond donors (Lipinski definition) is 2. The number of amides is 2. The second kappa shape index (κ2) is 9.32. The molecule has 0 saturated heterocycles. The van der Waals surface area contributed by atoms with E-state index in [9.17, 15) is 9.59 Å². The summed E-state index contributed by atoms with van der Waals surface area (Å²) >= 11 is 1.40. The molecule has 154 valence electrons. The molecule has 2 aromatic rings. The normalized spacial score (nSPS) is 16.6. The van der Waals surface area contributed by atoms with E-state index in [0.717, 1.165) is 26.6 Å². The molecule has 0 fully saturated rings. The predicted octanol–water partition coefficient (Wildman–Crippen LogP) is 3.25. The zero-order valence-corrected chi connectivity index (χ0v) is 18.5. The number of ketones is 1. The molecule has 2 heterocycles. The second-order valence-corrected chi connectivity index (χ2v) is 9.57. The van der Waals surface area contributed by atoms with Gasteiger partial charge in [-0.2, -0.15) is 10.9 Å². The van der Waals surface area contributed by atoms with E-state index < -0.39 is 10.9 Å². The maximum Gasteiger partial charge on any atom is 0.317 e. The lowest BCUT2D eigenvalue weighted by atomic mass is 10.2. The molecule has 1 aromatic carbocycles. The van der Waals surface area contributed by atoms with Gasteiger partial charge in [0, 0.05) is 24.4 Å². The third-order valence-electron chi connectivity index (χ3n) is 4.24. The number of thioether (sulfide) groups is 1. The van der Waals surface area contributed by atoms with Crippen LogP contribution in [0.1, 0.15) is 5.82 Å². The van der Waals surface area contributed by atoms with Crippen LogP contribution in [0.5, 0.6) is 5.75 Å². The first-order valence-corrected chi connectivity index (χ1v) is 11.6. The molecule has 9 heteroatoms. The lowest BCUT2D eigenvalue weighted by molar-refractivity contribution is -0.112. The average Bonchev–Trinajstić information content (AvgIpc) is 3.18. The summed E-state index contributed by atoms with van der Waals surface area (Å²) in [6.07, 6.45) is 3.74. The van der Waals surface area contributed by atoms with Crippen LogP contribution in [0, 0.1) is 6.92 Å². The predicted molar refractivity (Wildman–Crippen MR) is 120 cm³/mol. The number of nitrogens with one attached hydrogen (secondary N) is 1. The van der Waals surface area contributed by atoms with Crippen LogP contribution in [0.15, 0.2) is 45.7 Å². The lowest BCUT2D eigenvalue weighted by Crippen LogP contribution is -2.35. The number of Topliss-reactive ketones (excluding diaryl/α,β-unsaturated/α-hetero) is 1. The van der Waals surface area contributed by atoms with Crippen molar-refractivity contribution in [2.75, 3.05) is 32.8 Å². The number of rotatable bonds is 7. The fraction of sp³-hybridized carbons (Fsp3) is 0.300. The fourth-order valence-corrected chi connectivity index (χ4v) is 5.51. The number of aryl methyl sites for hydroxylation is 1. The molecule has 0 aliphatic carbocycles. The van der Waals surface area contributed by atoms with Gasteiger partial charge >= 0.3 is 6.03 Å². The number of fused-ring (bicyclic) bond motifs is 1. The van der Waals surface area contributed by atoms with E-state index >= 15 is 0 Å². The van der Waals surface area contributed by atoms with Crippen LogP contribution in [-0.2, 0) is 4.79 Å². The Labute approximate surface area is 177 Å². The number of urea groups is 1. The van der Waals surface area contributed by atoms with Gasteiger partial charge in [0.1, 0.15) is 16.6 Å². The molecule has 0 saturated carbocycles. The second-order valence-electron chi connectivity index (χ2n) is 6.57. The van der Waals surface area contributed by atoms with Crippen molar-refractivity contribution in [2.24, 2.45) is 0 Å². The van der Waals surface area contributed by atoms with Crippen molar-refractivity contribution in [3.05, 3.63) is 46.5 Å². The molecule has 0 spiro atoms. The Balaban J connectivity index is 1.70. The molecule has 1 aliphatic heterocycles. The summed E-state index contributed by atoms with van der Waals surface area (Å²) in [5, 5.41) is 6.48. The number of methoxy groups -OCH3 is 1. The molecule has 0 radical (unpaired) electrons. The van der Waals surface area contributed by atoms with Gasteiger partial charge in [0.15, 0.2) is 5.78 Å². The van der Waals surface area contributed by atoms with Crippen molar-refractivity contribution >= 4 is 45.4 Å². The van der Waals surface area contributed by atoms with Gasteiger partial charge in [0.2, 0.25) is 0 Å². The number of carbonyl (C=O) groups excluding carboxylic acids is 2. The molecule has 2 amide bonds. The van der Waals surface area contributed by atoms with Gasteiger partial charge in [-0.1, -0.05) is 17.8 Å². The van der Waals surface area contributed by atoms with Gasteiger partial charge in [-0.15, -0.1) is 0 Å². The zero-order chi connectivity index (χ0) is 21.0. The van der Waals surface area contributed by atoms with Gasteiger partial charge in [0.05, 0.1) is 24.3 Å². The van der Waals surface area contributed by atoms with E-state index in [1.165, 1.54) is 16.7 Å². The van der Waals surface area contributed by atoms with Crippen LogP contribution in [-0.4, -0.2) is 59.5 Å². The van der Waals surface area contributed by atoms with Crippen LogP contribution >= 0.6 is 22.7 Å². The number of allylic oxidation sites excluding steroid dienone is 3. The Hall–Kier alpha value is -2.52. The molecule has 3 rings (SSSR count). The highest BCUT2D eigenvalue weighted by atomic mass is 32.2. The van der Waals surface area contributed by atoms with Crippen LogP contribution in [0.2, 0.25) is 0 Å². The van der Waals surface area contributed by atoms with Gasteiger partial charge in [0.25, 0.3) is 0 Å². The first-order valence-electron chi connectivity index (χ1n) is 8.97. The van der Waals surface area contributed by atoms with Gasteiger partial charge < -0.3 is 15.0 Å². The first kappa shape index (κ1) is 21.2. The summed E-state index contributed by atoms with van der Waals surface area (Å²) in [5.41, 5.74) is 0.823. The van der Waals surface area contributed by atoms with Crippen molar-refractivity contribution < 1.29 is 14.3 Å². The summed E-state index contributed by atoms with van der Waals surface area (Å²) in [6, 6.07) is 5.48. The standard InChI is InChI=1S/C20H24N4O3S2/c1-13-22-16-8-7-14(27-4)10-15(16)19(23-13)28-11-17(25)18-6-5-9-29(18)12-21-20(26)24(2)3/h5-10,29H,11-12H2,1-4H3,(H,21,26). The number of hydrogen-bond acceptors (Lipinski definition) is 6. The quantitative estimate of drug-likeness (QED) is 0.397. The lowest BCUT2D eigenvalue weighted by Gasteiger charge is -2.19. The molecule has 1 aromatic heterocycles. The summed E-state index contributed by atoms with van der Waals surface area (Å²) in [6.45, 7) is 1.84. The Bertz CT molecular complexity index is 1000. The average molecular weight is 433 g/mol. The largest absolute Gasteiger partial charge is 0.497 e. The molecule has 1 unspecified atom stereocenters. The maximum atomic E-state index is 12.8. The minimum Gasteiger partial charge on any atom is -0.497 e. The molecule has 1 N–H and O–H groups in total. The minimum atomic E-state index is -0.828. The van der Waals surface area contributed by atoms with E-state index in [1.54, 1.807) is 21.2 Å². The zero-order valence-electron chi connectivity index (χ0n) is 16.8. The van der Waals surface area contributed by atoms with Gasteiger partial charge in [-0.3, -0.25) is 4.79 Å². The molecule has 1 atom stereocenters. The number of aromatic nitrogens is 2. The van der Waals surface area contributed by atoms with Gasteiger partial charge in [-0.05, 0) is 36.6 Å². The van der Waals surface area contributed by atoms with Gasteiger partial charge in [-0.25, -0.2) is 14.8 Å². The minimum absolute atomic E-state index is 0.0533. The molecule has 29 heavy (non-hydrogen) atoms. The molecule has 1 aliphatic rings. The van der Waals surface area contributed by atoms with Crippen LogP contribution < -0.4 is 10.1 Å². The number of carbonyl (C=O) groups is 2. The number of nitrogens with zero attached hydrogens (tertiary/aromatic N) is 3. The van der Waals surface area contributed by atoms with E-state index in [4.69, 9.17) is 4.74 Å². The summed E-state index contributed by atoms with van der Waals surface area (Å²) in [4.78, 5) is 35.8. The Morgan fingerprint density at radius 1 is 1.28 bits per heavy atom. The summed E-state index contributed by atoms with van der Waals surface area (Å²) in [5.74, 6) is 2.17. The van der Waals surface area contributed by atoms with Crippen molar-refractivity contribution in [1.29, 1.82) is 0 Å². The highest BCUT2D eigenvalue weighted by Crippen LogP contribution is 2.41.